The predicted octanol–water partition coefficient (Wildman–Crippen LogP) is 2.52. The summed E-state index contributed by atoms with van der Waals surface area (Å²) in [6.45, 7) is 0. The van der Waals surface area contributed by atoms with E-state index in [0.29, 0.717) is 0 Å². The van der Waals surface area contributed by atoms with Crippen molar-refractivity contribution in [2.24, 2.45) is 0 Å². The molecule has 1 aromatic heterocycles. The van der Waals surface area contributed by atoms with Gasteiger partial charge in [-0.3, -0.25) is 4.98 Å². The summed E-state index contributed by atoms with van der Waals surface area (Å²) in [5.74, 6) is 0. The molecular formula is C12H9N. The highest BCUT2D eigenvalue weighted by molar-refractivity contribution is 5.71. The Hall–Kier alpha value is -1.63. The lowest BCUT2D eigenvalue weighted by Gasteiger charge is -2.14. The zero-order chi connectivity index (χ0) is 8.67. The minimum absolute atomic E-state index is 1.05. The lowest BCUT2D eigenvalue weighted by Crippen LogP contribution is -2.00. The van der Waals surface area contributed by atoms with Gasteiger partial charge in [0.25, 0.3) is 0 Å². The third-order valence-electron chi connectivity index (χ3n) is 2.58. The van der Waals surface area contributed by atoms with Crippen molar-refractivity contribution in [3.8, 4) is 0 Å². The molecule has 0 amide bonds. The number of allylic oxidation sites excluding steroid dienone is 5. The van der Waals surface area contributed by atoms with Crippen LogP contribution in [0.5, 0.6) is 0 Å². The van der Waals surface area contributed by atoms with Crippen molar-refractivity contribution in [3.63, 3.8) is 0 Å². The highest BCUT2D eigenvalue weighted by atomic mass is 14.6. The van der Waals surface area contributed by atoms with Crippen LogP contribution in [0.25, 0.3) is 6.08 Å². The molecule has 0 saturated carbocycles. The van der Waals surface area contributed by atoms with E-state index in [9.17, 15) is 0 Å². The number of pyridine rings is 1. The molecule has 0 saturated heterocycles. The van der Waals surface area contributed by atoms with E-state index in [1.165, 1.54) is 22.3 Å². The number of aromatic nitrogens is 1. The van der Waals surface area contributed by atoms with Crippen LogP contribution in [0.2, 0.25) is 0 Å². The molecule has 1 nitrogen and oxygen atoms in total. The fraction of sp³-hybridized carbons (Fsp3) is 0.0833. The second-order valence-electron chi connectivity index (χ2n) is 3.40. The van der Waals surface area contributed by atoms with Crippen molar-refractivity contribution < 1.29 is 0 Å². The fourth-order valence-corrected chi connectivity index (χ4v) is 1.87. The van der Waals surface area contributed by atoms with Gasteiger partial charge in [0.15, 0.2) is 0 Å². The Kier molecular flexibility index (Phi) is 1.28. The summed E-state index contributed by atoms with van der Waals surface area (Å²) >= 11 is 0. The lowest BCUT2D eigenvalue weighted by molar-refractivity contribution is 1.12. The van der Waals surface area contributed by atoms with E-state index >= 15 is 0 Å². The van der Waals surface area contributed by atoms with E-state index in [-0.39, 0.29) is 0 Å². The molecule has 0 fully saturated rings. The third-order valence-corrected chi connectivity index (χ3v) is 2.58. The van der Waals surface area contributed by atoms with E-state index in [4.69, 9.17) is 0 Å². The average Bonchev–Trinajstić information content (AvgIpc) is 2.61. The molecule has 0 unspecified atom stereocenters. The fourth-order valence-electron chi connectivity index (χ4n) is 1.87. The molecule has 2 aliphatic rings. The SMILES string of the molecule is C1=CC2=Cc3cnccc3CC2=C1. The second kappa shape index (κ2) is 2.43. The first-order valence-electron chi connectivity index (χ1n) is 4.46. The van der Waals surface area contributed by atoms with Crippen LogP contribution in [-0.2, 0) is 6.42 Å². The van der Waals surface area contributed by atoms with E-state index in [1.54, 1.807) is 0 Å². The minimum atomic E-state index is 1.05. The molecule has 62 valence electrons. The van der Waals surface area contributed by atoms with Gasteiger partial charge in [0, 0.05) is 12.4 Å². The summed E-state index contributed by atoms with van der Waals surface area (Å²) in [4.78, 5) is 4.12. The van der Waals surface area contributed by atoms with E-state index in [1.807, 2.05) is 12.4 Å². The number of hydrogen-bond acceptors (Lipinski definition) is 1. The Labute approximate surface area is 77.1 Å². The Bertz CT molecular complexity index is 450. The largest absolute Gasteiger partial charge is 0.264 e. The molecule has 2 aliphatic carbocycles. The van der Waals surface area contributed by atoms with Crippen LogP contribution in [0.15, 0.2) is 47.8 Å². The van der Waals surface area contributed by atoms with E-state index in [0.717, 1.165) is 6.42 Å². The van der Waals surface area contributed by atoms with Crippen LogP contribution in [0.1, 0.15) is 11.1 Å². The van der Waals surface area contributed by atoms with E-state index in [2.05, 4.69) is 35.4 Å². The quantitative estimate of drug-likeness (QED) is 0.578. The zero-order valence-electron chi connectivity index (χ0n) is 7.20. The molecule has 1 heteroatoms. The lowest BCUT2D eigenvalue weighted by atomic mass is 9.91. The van der Waals surface area contributed by atoms with Crippen LogP contribution in [0.3, 0.4) is 0 Å². The van der Waals surface area contributed by atoms with Gasteiger partial charge in [-0.15, -0.1) is 0 Å². The van der Waals surface area contributed by atoms with Gasteiger partial charge in [-0.05, 0) is 40.8 Å². The second-order valence-corrected chi connectivity index (χ2v) is 3.40. The Balaban J connectivity index is 2.21. The van der Waals surface area contributed by atoms with Crippen molar-refractivity contribution in [2.75, 3.05) is 0 Å². The Morgan fingerprint density at radius 1 is 1.31 bits per heavy atom. The highest BCUT2D eigenvalue weighted by Gasteiger charge is 2.14. The van der Waals surface area contributed by atoms with Crippen LogP contribution in [-0.4, -0.2) is 4.98 Å². The maximum Gasteiger partial charge on any atom is 0.0343 e. The van der Waals surface area contributed by atoms with Gasteiger partial charge in [0.1, 0.15) is 0 Å². The molecule has 0 aromatic carbocycles. The number of rotatable bonds is 0. The van der Waals surface area contributed by atoms with Gasteiger partial charge in [-0.1, -0.05) is 18.2 Å². The Morgan fingerprint density at radius 3 is 3.31 bits per heavy atom. The van der Waals surface area contributed by atoms with Crippen LogP contribution in [0, 0.1) is 0 Å². The van der Waals surface area contributed by atoms with Gasteiger partial charge in [0.2, 0.25) is 0 Å². The molecule has 0 N–H and O–H groups in total. The summed E-state index contributed by atoms with van der Waals surface area (Å²) in [5, 5.41) is 0. The van der Waals surface area contributed by atoms with Gasteiger partial charge in [-0.2, -0.15) is 0 Å². The molecule has 13 heavy (non-hydrogen) atoms. The smallest absolute Gasteiger partial charge is 0.0343 e. The predicted molar refractivity (Wildman–Crippen MR) is 53.1 cm³/mol. The maximum absolute atomic E-state index is 4.12. The molecular weight excluding hydrogens is 158 g/mol. The average molecular weight is 167 g/mol. The molecule has 3 rings (SSSR count). The summed E-state index contributed by atoms with van der Waals surface area (Å²) in [5.41, 5.74) is 5.43. The zero-order valence-corrected chi connectivity index (χ0v) is 7.20. The summed E-state index contributed by atoms with van der Waals surface area (Å²) in [6, 6.07) is 2.10. The molecule has 0 atom stereocenters. The monoisotopic (exact) mass is 167 g/mol. The standard InChI is InChI=1S/C12H9N/c1-2-9-6-11-4-5-13-8-12(11)7-10(9)3-1/h1-5,7-8H,6H2. The summed E-state index contributed by atoms with van der Waals surface area (Å²) in [6.07, 6.45) is 13.5. The first-order valence-corrected chi connectivity index (χ1v) is 4.46. The summed E-state index contributed by atoms with van der Waals surface area (Å²) < 4.78 is 0. The van der Waals surface area contributed by atoms with Crippen molar-refractivity contribution in [2.45, 2.75) is 6.42 Å². The molecule has 1 heterocycles. The highest BCUT2D eigenvalue weighted by Crippen LogP contribution is 2.30. The molecule has 0 aliphatic heterocycles. The number of hydrogen-bond donors (Lipinski definition) is 0. The normalized spacial score (nSPS) is 17.5. The minimum Gasteiger partial charge on any atom is -0.264 e. The van der Waals surface area contributed by atoms with E-state index < -0.39 is 0 Å². The van der Waals surface area contributed by atoms with Crippen molar-refractivity contribution in [1.29, 1.82) is 0 Å². The van der Waals surface area contributed by atoms with Gasteiger partial charge in [0.05, 0.1) is 0 Å². The van der Waals surface area contributed by atoms with Gasteiger partial charge >= 0.3 is 0 Å². The topological polar surface area (TPSA) is 12.9 Å². The molecule has 0 spiro atoms. The first-order chi connectivity index (χ1) is 6.43. The number of fused-ring (bicyclic) bond motifs is 2. The first kappa shape index (κ1) is 6.84. The van der Waals surface area contributed by atoms with Gasteiger partial charge < -0.3 is 0 Å². The van der Waals surface area contributed by atoms with Crippen LogP contribution >= 0.6 is 0 Å². The van der Waals surface area contributed by atoms with Crippen LogP contribution < -0.4 is 0 Å². The molecule has 1 aromatic rings. The third kappa shape index (κ3) is 0.970. The maximum atomic E-state index is 4.12. The molecule has 0 radical (unpaired) electrons. The van der Waals surface area contributed by atoms with Gasteiger partial charge in [-0.25, -0.2) is 0 Å². The number of nitrogens with zero attached hydrogens (tertiary/aromatic N) is 1. The van der Waals surface area contributed by atoms with Crippen molar-refractivity contribution >= 4 is 6.08 Å². The molecule has 0 bridgehead atoms. The van der Waals surface area contributed by atoms with Crippen molar-refractivity contribution in [1.82, 2.24) is 4.98 Å². The van der Waals surface area contributed by atoms with Crippen molar-refractivity contribution in [3.05, 3.63) is 59.0 Å². The Morgan fingerprint density at radius 2 is 2.31 bits per heavy atom. The summed E-state index contributed by atoms with van der Waals surface area (Å²) in [7, 11) is 0. The van der Waals surface area contributed by atoms with Crippen LogP contribution in [0.4, 0.5) is 0 Å².